The first-order valence-electron chi connectivity index (χ1n) is 8.25. The molecule has 0 saturated heterocycles. The highest BCUT2D eigenvalue weighted by atomic mass is 32.1. The fraction of sp³-hybridized carbons (Fsp3) is 0.190. The zero-order valence-corrected chi connectivity index (χ0v) is 15.8. The van der Waals surface area contributed by atoms with E-state index in [4.69, 9.17) is 5.26 Å². The Labute approximate surface area is 157 Å². The van der Waals surface area contributed by atoms with Crippen molar-refractivity contribution in [2.24, 2.45) is 0 Å². The van der Waals surface area contributed by atoms with Gasteiger partial charge in [-0.1, -0.05) is 35.9 Å². The summed E-state index contributed by atoms with van der Waals surface area (Å²) in [5, 5.41) is 11.5. The number of aromatic nitrogens is 1. The zero-order chi connectivity index (χ0) is 18.7. The first-order valence-corrected chi connectivity index (χ1v) is 9.13. The van der Waals surface area contributed by atoms with Crippen molar-refractivity contribution >= 4 is 17.2 Å². The van der Waals surface area contributed by atoms with E-state index in [0.29, 0.717) is 17.8 Å². The van der Waals surface area contributed by atoms with E-state index in [-0.39, 0.29) is 5.91 Å². The number of nitrogens with zero attached hydrogens (tertiary/aromatic N) is 3. The summed E-state index contributed by atoms with van der Waals surface area (Å²) in [4.78, 5) is 18.9. The highest BCUT2D eigenvalue weighted by molar-refractivity contribution is 7.13. The number of thiazole rings is 1. The quantitative estimate of drug-likeness (QED) is 0.684. The van der Waals surface area contributed by atoms with Crippen LogP contribution >= 0.6 is 11.3 Å². The van der Waals surface area contributed by atoms with Gasteiger partial charge in [0.05, 0.1) is 11.6 Å². The Morgan fingerprint density at radius 3 is 2.58 bits per heavy atom. The predicted octanol–water partition coefficient (Wildman–Crippen LogP) is 4.57. The molecule has 26 heavy (non-hydrogen) atoms. The second kappa shape index (κ2) is 7.51. The van der Waals surface area contributed by atoms with Crippen molar-refractivity contribution in [2.75, 3.05) is 7.05 Å². The van der Waals surface area contributed by atoms with E-state index in [2.05, 4.69) is 43.1 Å². The molecule has 0 radical (unpaired) electrons. The van der Waals surface area contributed by atoms with Gasteiger partial charge in [-0.3, -0.25) is 4.79 Å². The van der Waals surface area contributed by atoms with Gasteiger partial charge in [0.25, 0.3) is 5.91 Å². The lowest BCUT2D eigenvalue weighted by atomic mass is 10.1. The fourth-order valence-corrected chi connectivity index (χ4v) is 3.66. The molecule has 1 amide bonds. The lowest BCUT2D eigenvalue weighted by molar-refractivity contribution is 0.0780. The minimum Gasteiger partial charge on any atom is -0.336 e. The molecular formula is C21H19N3OS. The molecular weight excluding hydrogens is 342 g/mol. The van der Waals surface area contributed by atoms with E-state index in [1.54, 1.807) is 24.1 Å². The monoisotopic (exact) mass is 361 g/mol. The highest BCUT2D eigenvalue weighted by Gasteiger charge is 2.17. The van der Waals surface area contributed by atoms with Crippen molar-refractivity contribution in [1.29, 1.82) is 5.26 Å². The number of rotatable bonds is 4. The van der Waals surface area contributed by atoms with Crippen LogP contribution in [0.5, 0.6) is 0 Å². The molecule has 2 aromatic carbocycles. The smallest absolute Gasteiger partial charge is 0.273 e. The van der Waals surface area contributed by atoms with Gasteiger partial charge >= 0.3 is 0 Å². The van der Waals surface area contributed by atoms with E-state index in [9.17, 15) is 4.79 Å². The van der Waals surface area contributed by atoms with Crippen LogP contribution in [0.3, 0.4) is 0 Å². The average Bonchev–Trinajstić information content (AvgIpc) is 3.11. The number of nitriles is 1. The van der Waals surface area contributed by atoms with Crippen molar-refractivity contribution in [3.8, 4) is 16.6 Å². The molecule has 5 heteroatoms. The molecule has 3 rings (SSSR count). The summed E-state index contributed by atoms with van der Waals surface area (Å²) in [7, 11) is 1.76. The lowest BCUT2D eigenvalue weighted by Gasteiger charge is -2.16. The first-order chi connectivity index (χ1) is 12.5. The molecule has 1 aromatic heterocycles. The van der Waals surface area contributed by atoms with Crippen LogP contribution in [0.2, 0.25) is 0 Å². The number of aryl methyl sites for hydroxylation is 2. The molecule has 0 aliphatic carbocycles. The number of amides is 1. The van der Waals surface area contributed by atoms with Gasteiger partial charge in [-0.05, 0) is 37.1 Å². The molecule has 0 atom stereocenters. The number of carbonyl (C=O) groups excluding carboxylic acids is 1. The Morgan fingerprint density at radius 2 is 1.92 bits per heavy atom. The normalized spacial score (nSPS) is 10.4. The Hall–Kier alpha value is -2.97. The Balaban J connectivity index is 1.75. The van der Waals surface area contributed by atoms with Gasteiger partial charge in [0.15, 0.2) is 0 Å². The maximum Gasteiger partial charge on any atom is 0.273 e. The molecule has 0 spiro atoms. The molecule has 0 aliphatic heterocycles. The summed E-state index contributed by atoms with van der Waals surface area (Å²) in [6.07, 6.45) is 0. The Morgan fingerprint density at radius 1 is 1.19 bits per heavy atom. The number of hydrogen-bond acceptors (Lipinski definition) is 4. The van der Waals surface area contributed by atoms with Crippen molar-refractivity contribution in [2.45, 2.75) is 20.4 Å². The van der Waals surface area contributed by atoms with Gasteiger partial charge in [-0.2, -0.15) is 5.26 Å². The van der Waals surface area contributed by atoms with Crippen LogP contribution in [-0.4, -0.2) is 22.8 Å². The van der Waals surface area contributed by atoms with Gasteiger partial charge in [-0.25, -0.2) is 4.98 Å². The summed E-state index contributed by atoms with van der Waals surface area (Å²) < 4.78 is 0. The second-order valence-electron chi connectivity index (χ2n) is 6.33. The molecule has 4 nitrogen and oxygen atoms in total. The number of hydrogen-bond donors (Lipinski definition) is 0. The molecule has 130 valence electrons. The molecule has 1 heterocycles. The number of benzene rings is 2. The summed E-state index contributed by atoms with van der Waals surface area (Å²) in [6.45, 7) is 4.59. The van der Waals surface area contributed by atoms with Gasteiger partial charge in [0, 0.05) is 24.5 Å². The van der Waals surface area contributed by atoms with Gasteiger partial charge < -0.3 is 4.90 Å². The topological polar surface area (TPSA) is 57.0 Å². The van der Waals surface area contributed by atoms with Gasteiger partial charge in [0.1, 0.15) is 10.7 Å². The van der Waals surface area contributed by atoms with Crippen molar-refractivity contribution in [3.05, 3.63) is 75.8 Å². The van der Waals surface area contributed by atoms with Crippen LogP contribution < -0.4 is 0 Å². The molecule has 0 N–H and O–H groups in total. The predicted molar refractivity (Wildman–Crippen MR) is 104 cm³/mol. The van der Waals surface area contributed by atoms with E-state index < -0.39 is 0 Å². The number of carbonyl (C=O) groups is 1. The zero-order valence-electron chi connectivity index (χ0n) is 15.0. The first kappa shape index (κ1) is 17.8. The van der Waals surface area contributed by atoms with Gasteiger partial charge in [-0.15, -0.1) is 11.3 Å². The summed E-state index contributed by atoms with van der Waals surface area (Å²) in [5.41, 5.74) is 5.48. The van der Waals surface area contributed by atoms with Crippen molar-refractivity contribution < 1.29 is 4.79 Å². The summed E-state index contributed by atoms with van der Waals surface area (Å²) in [6, 6.07) is 15.6. The third kappa shape index (κ3) is 3.81. The minimum absolute atomic E-state index is 0.110. The minimum atomic E-state index is -0.110. The third-order valence-corrected chi connectivity index (χ3v) is 5.06. The standard InChI is InChI=1S/C21H19N3OS/c1-14-4-9-18(15(2)10-14)20-23-19(13-26-20)21(25)24(3)12-17-7-5-16(11-22)6-8-17/h4-10,13H,12H2,1-3H3. The molecule has 0 bridgehead atoms. The van der Waals surface area contributed by atoms with E-state index in [1.165, 1.54) is 16.9 Å². The van der Waals surface area contributed by atoms with E-state index in [1.807, 2.05) is 17.5 Å². The average molecular weight is 361 g/mol. The third-order valence-electron chi connectivity index (χ3n) is 4.19. The second-order valence-corrected chi connectivity index (χ2v) is 7.18. The fourth-order valence-electron chi connectivity index (χ4n) is 2.78. The lowest BCUT2D eigenvalue weighted by Crippen LogP contribution is -2.26. The molecule has 0 fully saturated rings. The van der Waals surface area contributed by atoms with Crippen LogP contribution in [-0.2, 0) is 6.54 Å². The largest absolute Gasteiger partial charge is 0.336 e. The molecule has 0 unspecified atom stereocenters. The summed E-state index contributed by atoms with van der Waals surface area (Å²) in [5.74, 6) is -0.110. The Bertz CT molecular complexity index is 983. The maximum atomic E-state index is 12.7. The van der Waals surface area contributed by atoms with Crippen LogP contribution in [0.1, 0.15) is 32.7 Å². The molecule has 0 aliphatic rings. The van der Waals surface area contributed by atoms with Crippen LogP contribution in [0.25, 0.3) is 10.6 Å². The molecule has 0 saturated carbocycles. The SMILES string of the molecule is Cc1ccc(-c2nc(C(=O)N(C)Cc3ccc(C#N)cc3)cs2)c(C)c1. The van der Waals surface area contributed by atoms with E-state index in [0.717, 1.165) is 21.7 Å². The summed E-state index contributed by atoms with van der Waals surface area (Å²) >= 11 is 1.48. The molecule has 3 aromatic rings. The maximum absolute atomic E-state index is 12.7. The van der Waals surface area contributed by atoms with Crippen LogP contribution in [0, 0.1) is 25.2 Å². The highest BCUT2D eigenvalue weighted by Crippen LogP contribution is 2.28. The van der Waals surface area contributed by atoms with Crippen LogP contribution in [0.15, 0.2) is 47.8 Å². The van der Waals surface area contributed by atoms with Crippen molar-refractivity contribution in [3.63, 3.8) is 0 Å². The van der Waals surface area contributed by atoms with Crippen molar-refractivity contribution in [1.82, 2.24) is 9.88 Å². The Kier molecular flexibility index (Phi) is 5.15. The van der Waals surface area contributed by atoms with E-state index >= 15 is 0 Å². The van der Waals surface area contributed by atoms with Gasteiger partial charge in [0.2, 0.25) is 0 Å². The van der Waals surface area contributed by atoms with Crippen LogP contribution in [0.4, 0.5) is 0 Å².